The molecule has 0 saturated carbocycles. The molecule has 2 aromatic rings. The van der Waals surface area contributed by atoms with E-state index in [0.717, 1.165) is 17.5 Å². The number of amides is 1. The molecule has 1 amide bonds. The van der Waals surface area contributed by atoms with Crippen LogP contribution in [0.4, 0.5) is 0 Å². The van der Waals surface area contributed by atoms with Gasteiger partial charge in [-0.15, -0.1) is 0 Å². The van der Waals surface area contributed by atoms with E-state index in [1.807, 2.05) is 42.5 Å². The highest BCUT2D eigenvalue weighted by Crippen LogP contribution is 2.20. The Morgan fingerprint density at radius 1 is 1.12 bits per heavy atom. The fourth-order valence-electron chi connectivity index (χ4n) is 3.08. The van der Waals surface area contributed by atoms with Crippen LogP contribution >= 0.6 is 0 Å². The van der Waals surface area contributed by atoms with E-state index >= 15 is 0 Å². The molecule has 0 spiro atoms. The Balaban J connectivity index is 1.52. The Morgan fingerprint density at radius 3 is 2.68 bits per heavy atom. The molecule has 0 radical (unpaired) electrons. The summed E-state index contributed by atoms with van der Waals surface area (Å²) >= 11 is 0. The van der Waals surface area contributed by atoms with Gasteiger partial charge in [0.25, 0.3) is 0 Å². The average molecular weight is 338 g/mol. The number of aryl methyl sites for hydroxylation is 1. The van der Waals surface area contributed by atoms with E-state index in [-0.39, 0.29) is 18.5 Å². The summed E-state index contributed by atoms with van der Waals surface area (Å²) in [5, 5.41) is 0. The number of esters is 1. The van der Waals surface area contributed by atoms with Crippen molar-refractivity contribution in [2.75, 3.05) is 6.54 Å². The van der Waals surface area contributed by atoms with E-state index in [4.69, 9.17) is 4.74 Å². The number of ether oxygens (including phenoxy) is 1. The molecule has 2 heterocycles. The van der Waals surface area contributed by atoms with Gasteiger partial charge in [-0.3, -0.25) is 9.78 Å². The van der Waals surface area contributed by atoms with E-state index < -0.39 is 6.04 Å². The second kappa shape index (κ2) is 8.42. The van der Waals surface area contributed by atoms with Crippen molar-refractivity contribution in [3.8, 4) is 0 Å². The fraction of sp³-hybridized carbons (Fsp3) is 0.350. The monoisotopic (exact) mass is 338 g/mol. The quantitative estimate of drug-likeness (QED) is 0.760. The first kappa shape index (κ1) is 17.1. The average Bonchev–Trinajstić information content (AvgIpc) is 3.16. The highest BCUT2D eigenvalue weighted by molar-refractivity contribution is 5.85. The first-order valence-corrected chi connectivity index (χ1v) is 8.63. The van der Waals surface area contributed by atoms with Gasteiger partial charge in [-0.05, 0) is 36.5 Å². The molecule has 3 rings (SSSR count). The van der Waals surface area contributed by atoms with Crippen LogP contribution in [0.1, 0.15) is 30.4 Å². The lowest BCUT2D eigenvalue weighted by Crippen LogP contribution is -2.41. The molecule has 1 aliphatic heterocycles. The lowest BCUT2D eigenvalue weighted by Gasteiger charge is -2.23. The van der Waals surface area contributed by atoms with Gasteiger partial charge < -0.3 is 9.64 Å². The molecule has 1 atom stereocenters. The number of hydrogen-bond donors (Lipinski definition) is 0. The van der Waals surface area contributed by atoms with Crippen molar-refractivity contribution in [2.45, 2.75) is 38.3 Å². The van der Waals surface area contributed by atoms with Crippen LogP contribution in [0.25, 0.3) is 0 Å². The Morgan fingerprint density at radius 2 is 1.92 bits per heavy atom. The third-order valence-electron chi connectivity index (χ3n) is 4.42. The third kappa shape index (κ3) is 4.66. The molecule has 5 nitrogen and oxygen atoms in total. The summed E-state index contributed by atoms with van der Waals surface area (Å²) in [5.41, 5.74) is 1.97. The van der Waals surface area contributed by atoms with Crippen molar-refractivity contribution in [3.63, 3.8) is 0 Å². The lowest BCUT2D eigenvalue weighted by atomic mass is 10.1. The van der Waals surface area contributed by atoms with Gasteiger partial charge >= 0.3 is 5.97 Å². The van der Waals surface area contributed by atoms with Gasteiger partial charge in [-0.25, -0.2) is 4.79 Å². The molecule has 1 fully saturated rings. The van der Waals surface area contributed by atoms with Crippen LogP contribution in [0.15, 0.2) is 54.9 Å². The Kier molecular flexibility index (Phi) is 5.77. The maximum absolute atomic E-state index is 12.5. The second-order valence-corrected chi connectivity index (χ2v) is 6.20. The summed E-state index contributed by atoms with van der Waals surface area (Å²) in [6, 6.07) is 12.9. The molecule has 1 unspecified atom stereocenters. The van der Waals surface area contributed by atoms with Gasteiger partial charge in [0.15, 0.2) is 0 Å². The molecular formula is C20H22N2O3. The number of hydrogen-bond acceptors (Lipinski definition) is 4. The van der Waals surface area contributed by atoms with Crippen LogP contribution in [0.5, 0.6) is 0 Å². The molecule has 1 saturated heterocycles. The number of likely N-dealkylation sites (tertiary alicyclic amines) is 1. The Hall–Kier alpha value is -2.69. The normalized spacial score (nSPS) is 16.6. The molecule has 1 aromatic carbocycles. The highest BCUT2D eigenvalue weighted by atomic mass is 16.5. The number of aromatic nitrogens is 1. The zero-order chi connectivity index (χ0) is 17.5. The van der Waals surface area contributed by atoms with Gasteiger partial charge in [0.05, 0.1) is 0 Å². The van der Waals surface area contributed by atoms with E-state index in [0.29, 0.717) is 25.8 Å². The maximum Gasteiger partial charge on any atom is 0.329 e. The number of rotatable bonds is 6. The molecule has 1 aromatic heterocycles. The van der Waals surface area contributed by atoms with Crippen LogP contribution < -0.4 is 0 Å². The maximum atomic E-state index is 12.5. The van der Waals surface area contributed by atoms with Gasteiger partial charge in [0.2, 0.25) is 5.91 Å². The minimum absolute atomic E-state index is 0.00279. The summed E-state index contributed by atoms with van der Waals surface area (Å²) in [6.07, 6.45) is 6.01. The van der Waals surface area contributed by atoms with Crippen LogP contribution in [0.3, 0.4) is 0 Å². The smallest absolute Gasteiger partial charge is 0.329 e. The molecule has 0 bridgehead atoms. The summed E-state index contributed by atoms with van der Waals surface area (Å²) in [4.78, 5) is 30.6. The van der Waals surface area contributed by atoms with Crippen LogP contribution in [-0.4, -0.2) is 34.3 Å². The van der Waals surface area contributed by atoms with E-state index in [2.05, 4.69) is 4.98 Å². The van der Waals surface area contributed by atoms with Gasteiger partial charge in [0, 0.05) is 25.4 Å². The first-order valence-electron chi connectivity index (χ1n) is 8.63. The zero-order valence-corrected chi connectivity index (χ0v) is 14.1. The van der Waals surface area contributed by atoms with Crippen molar-refractivity contribution in [1.82, 2.24) is 9.88 Å². The molecule has 25 heavy (non-hydrogen) atoms. The predicted molar refractivity (Wildman–Crippen MR) is 93.5 cm³/mol. The lowest BCUT2D eigenvalue weighted by molar-refractivity contribution is -0.154. The third-order valence-corrected chi connectivity index (χ3v) is 4.42. The highest BCUT2D eigenvalue weighted by Gasteiger charge is 2.34. The van der Waals surface area contributed by atoms with Gasteiger partial charge in [0.1, 0.15) is 12.6 Å². The second-order valence-electron chi connectivity index (χ2n) is 6.20. The molecule has 0 aliphatic carbocycles. The summed E-state index contributed by atoms with van der Waals surface area (Å²) in [6.45, 7) is 0.866. The van der Waals surface area contributed by atoms with Crippen molar-refractivity contribution < 1.29 is 14.3 Å². The molecular weight excluding hydrogens is 316 g/mol. The van der Waals surface area contributed by atoms with Crippen LogP contribution in [-0.2, 0) is 27.4 Å². The fourth-order valence-corrected chi connectivity index (χ4v) is 3.08. The number of nitrogens with zero attached hydrogens (tertiary/aromatic N) is 2. The van der Waals surface area contributed by atoms with Crippen LogP contribution in [0, 0.1) is 0 Å². The molecule has 130 valence electrons. The SMILES string of the molecule is O=C(OCc1ccccc1)C1CCCN1C(=O)CCc1cccnc1. The standard InChI is InChI=1S/C20H22N2O3/c23-19(11-10-16-8-4-12-21-14-16)22-13-5-9-18(22)20(24)25-15-17-6-2-1-3-7-17/h1-4,6-8,12,14,18H,5,9-11,13,15H2. The molecule has 0 N–H and O–H groups in total. The van der Waals surface area contributed by atoms with Crippen LogP contribution in [0.2, 0.25) is 0 Å². The van der Waals surface area contributed by atoms with Crippen molar-refractivity contribution in [2.24, 2.45) is 0 Å². The summed E-state index contributed by atoms with van der Waals surface area (Å²) in [7, 11) is 0. The predicted octanol–water partition coefficient (Wildman–Crippen LogP) is 2.75. The van der Waals surface area contributed by atoms with Gasteiger partial charge in [-0.1, -0.05) is 36.4 Å². The number of carbonyl (C=O) groups excluding carboxylic acids is 2. The Bertz CT molecular complexity index is 642. The van der Waals surface area contributed by atoms with Gasteiger partial charge in [-0.2, -0.15) is 0 Å². The minimum atomic E-state index is -0.454. The van der Waals surface area contributed by atoms with Crippen molar-refractivity contribution in [1.29, 1.82) is 0 Å². The van der Waals surface area contributed by atoms with E-state index in [1.54, 1.807) is 17.3 Å². The largest absolute Gasteiger partial charge is 0.459 e. The molecule has 1 aliphatic rings. The first-order chi connectivity index (χ1) is 12.2. The summed E-state index contributed by atoms with van der Waals surface area (Å²) < 4.78 is 5.41. The topological polar surface area (TPSA) is 59.5 Å². The Labute approximate surface area is 147 Å². The minimum Gasteiger partial charge on any atom is -0.459 e. The van der Waals surface area contributed by atoms with E-state index in [1.165, 1.54) is 0 Å². The number of carbonyl (C=O) groups is 2. The number of pyridine rings is 1. The summed E-state index contributed by atoms with van der Waals surface area (Å²) in [5.74, 6) is -0.306. The number of benzene rings is 1. The van der Waals surface area contributed by atoms with Crippen molar-refractivity contribution in [3.05, 3.63) is 66.0 Å². The van der Waals surface area contributed by atoms with Crippen molar-refractivity contribution >= 4 is 11.9 Å². The van der Waals surface area contributed by atoms with E-state index in [9.17, 15) is 9.59 Å². The molecule has 5 heteroatoms. The zero-order valence-electron chi connectivity index (χ0n) is 14.1.